The highest BCUT2D eigenvalue weighted by Crippen LogP contribution is 1.95. The molecule has 0 bridgehead atoms. The molecule has 0 aliphatic carbocycles. The minimum atomic E-state index is -0.959. The molecule has 2 heteroatoms. The van der Waals surface area contributed by atoms with Crippen LogP contribution in [0.3, 0.4) is 0 Å². The number of unbranched alkanes of at least 4 members (excludes halogenated alkanes) is 1. The maximum Gasteiger partial charge on any atom is 0.355 e. The van der Waals surface area contributed by atoms with Crippen LogP contribution in [0.25, 0.3) is 0 Å². The lowest BCUT2D eigenvalue weighted by Crippen LogP contribution is -1.89. The Balaban J connectivity index is 3.01. The van der Waals surface area contributed by atoms with Gasteiger partial charge in [0.15, 0.2) is 0 Å². The zero-order valence-electron chi connectivity index (χ0n) is 5.59. The van der Waals surface area contributed by atoms with Crippen LogP contribution in [-0.2, 0) is 9.90 Å². The van der Waals surface area contributed by atoms with E-state index in [1.807, 2.05) is 19.1 Å². The lowest BCUT2D eigenvalue weighted by Gasteiger charge is -1.85. The second-order valence-corrected chi connectivity index (χ2v) is 1.83. The zero-order valence-corrected chi connectivity index (χ0v) is 5.59. The van der Waals surface area contributed by atoms with E-state index in [-0.39, 0.29) is 6.42 Å². The van der Waals surface area contributed by atoms with E-state index >= 15 is 0 Å². The van der Waals surface area contributed by atoms with Crippen molar-refractivity contribution in [1.82, 2.24) is 0 Å². The van der Waals surface area contributed by atoms with Crippen molar-refractivity contribution in [2.45, 2.75) is 26.2 Å². The number of rotatable bonds is 4. The van der Waals surface area contributed by atoms with Crippen molar-refractivity contribution in [3.05, 3.63) is 12.2 Å². The fraction of sp³-hybridized carbons (Fsp3) is 0.571. The van der Waals surface area contributed by atoms with Crippen molar-refractivity contribution in [2.24, 2.45) is 0 Å². The molecule has 1 radical (unpaired) electrons. The van der Waals surface area contributed by atoms with Crippen molar-refractivity contribution in [3.8, 4) is 0 Å². The van der Waals surface area contributed by atoms with E-state index in [1.165, 1.54) is 0 Å². The van der Waals surface area contributed by atoms with Gasteiger partial charge in [0.05, 0.1) is 6.42 Å². The molecule has 0 spiro atoms. The second kappa shape index (κ2) is 5.35. The van der Waals surface area contributed by atoms with Gasteiger partial charge in [0, 0.05) is 0 Å². The fourth-order valence-corrected chi connectivity index (χ4v) is 0.531. The Bertz CT molecular complexity index is 105. The van der Waals surface area contributed by atoms with Gasteiger partial charge in [-0.05, 0) is 19.8 Å². The summed E-state index contributed by atoms with van der Waals surface area (Å²) in [5.74, 6) is -0.959. The van der Waals surface area contributed by atoms with E-state index in [2.05, 4.69) is 0 Å². The van der Waals surface area contributed by atoms with Crippen LogP contribution in [0.1, 0.15) is 26.2 Å². The SMILES string of the molecule is C/C=C\CCCC([O])=O. The second-order valence-electron chi connectivity index (χ2n) is 1.83. The molecule has 0 saturated carbocycles. The van der Waals surface area contributed by atoms with Crippen LogP contribution in [0, 0.1) is 0 Å². The predicted octanol–water partition coefficient (Wildman–Crippen LogP) is 1.69. The summed E-state index contributed by atoms with van der Waals surface area (Å²) in [6, 6.07) is 0. The van der Waals surface area contributed by atoms with Gasteiger partial charge in [-0.15, -0.1) is 0 Å². The third kappa shape index (κ3) is 7.21. The summed E-state index contributed by atoms with van der Waals surface area (Å²) in [5.41, 5.74) is 0. The van der Waals surface area contributed by atoms with Crippen molar-refractivity contribution >= 4 is 5.97 Å². The maximum atomic E-state index is 9.83. The third-order valence-corrected chi connectivity index (χ3v) is 0.987. The number of allylic oxidation sites excluding steroid dienone is 2. The van der Waals surface area contributed by atoms with Crippen molar-refractivity contribution in [3.63, 3.8) is 0 Å². The van der Waals surface area contributed by atoms with E-state index in [0.29, 0.717) is 6.42 Å². The van der Waals surface area contributed by atoms with Crippen molar-refractivity contribution in [1.29, 1.82) is 0 Å². The van der Waals surface area contributed by atoms with E-state index in [0.717, 1.165) is 6.42 Å². The minimum Gasteiger partial charge on any atom is -0.247 e. The highest BCUT2D eigenvalue weighted by Gasteiger charge is 1.95. The van der Waals surface area contributed by atoms with Crippen molar-refractivity contribution < 1.29 is 9.90 Å². The minimum absolute atomic E-state index is 0.171. The summed E-state index contributed by atoms with van der Waals surface area (Å²) in [7, 11) is 0. The Morgan fingerprint density at radius 2 is 2.22 bits per heavy atom. The highest BCUT2D eigenvalue weighted by molar-refractivity contribution is 5.66. The number of hydrogen-bond acceptors (Lipinski definition) is 1. The molecule has 0 saturated heterocycles. The van der Waals surface area contributed by atoms with Crippen LogP contribution in [0.2, 0.25) is 0 Å². The van der Waals surface area contributed by atoms with Gasteiger partial charge in [-0.2, -0.15) is 0 Å². The molecule has 0 atom stereocenters. The Morgan fingerprint density at radius 1 is 1.56 bits per heavy atom. The Hall–Kier alpha value is -0.790. The molecule has 0 aromatic carbocycles. The smallest absolute Gasteiger partial charge is 0.247 e. The molecule has 9 heavy (non-hydrogen) atoms. The lowest BCUT2D eigenvalue weighted by atomic mass is 10.2. The van der Waals surface area contributed by atoms with E-state index in [9.17, 15) is 9.90 Å². The van der Waals surface area contributed by atoms with Gasteiger partial charge in [0.25, 0.3) is 0 Å². The largest absolute Gasteiger partial charge is 0.355 e. The molecule has 0 N–H and O–H groups in total. The first-order valence-electron chi connectivity index (χ1n) is 3.08. The first-order valence-corrected chi connectivity index (χ1v) is 3.08. The molecule has 0 aromatic rings. The molecule has 0 heterocycles. The van der Waals surface area contributed by atoms with Crippen molar-refractivity contribution in [2.75, 3.05) is 0 Å². The molecule has 0 unspecified atom stereocenters. The Morgan fingerprint density at radius 3 is 2.67 bits per heavy atom. The van der Waals surface area contributed by atoms with Gasteiger partial charge in [0.2, 0.25) is 0 Å². The van der Waals surface area contributed by atoms with Gasteiger partial charge in [0.1, 0.15) is 0 Å². The third-order valence-electron chi connectivity index (χ3n) is 0.987. The number of carbonyl (C=O) groups excluding carboxylic acids is 1. The van der Waals surface area contributed by atoms with Crippen LogP contribution in [0.15, 0.2) is 12.2 Å². The number of hydrogen-bond donors (Lipinski definition) is 0. The normalized spacial score (nSPS) is 10.3. The van der Waals surface area contributed by atoms with Gasteiger partial charge < -0.3 is 0 Å². The van der Waals surface area contributed by atoms with E-state index in [1.54, 1.807) is 0 Å². The van der Waals surface area contributed by atoms with Crippen LogP contribution in [-0.4, -0.2) is 5.97 Å². The monoisotopic (exact) mass is 127 g/mol. The molecular weight excluding hydrogens is 116 g/mol. The fourth-order valence-electron chi connectivity index (χ4n) is 0.531. The quantitative estimate of drug-likeness (QED) is 0.418. The number of carbonyl (C=O) groups is 1. The van der Waals surface area contributed by atoms with Gasteiger partial charge >= 0.3 is 5.97 Å². The van der Waals surface area contributed by atoms with Gasteiger partial charge in [-0.1, -0.05) is 12.2 Å². The summed E-state index contributed by atoms with van der Waals surface area (Å²) in [4.78, 5) is 9.83. The summed E-state index contributed by atoms with van der Waals surface area (Å²) in [6.07, 6.45) is 5.56. The summed E-state index contributed by atoms with van der Waals surface area (Å²) < 4.78 is 0. The summed E-state index contributed by atoms with van der Waals surface area (Å²) in [6.45, 7) is 1.92. The van der Waals surface area contributed by atoms with E-state index < -0.39 is 5.97 Å². The first-order chi connectivity index (χ1) is 4.27. The molecule has 0 fully saturated rings. The molecule has 2 nitrogen and oxygen atoms in total. The lowest BCUT2D eigenvalue weighted by molar-refractivity contribution is -0.143. The summed E-state index contributed by atoms with van der Waals surface area (Å²) >= 11 is 0. The van der Waals surface area contributed by atoms with Crippen LogP contribution in [0.5, 0.6) is 0 Å². The average molecular weight is 127 g/mol. The topological polar surface area (TPSA) is 37.0 Å². The maximum absolute atomic E-state index is 9.83. The van der Waals surface area contributed by atoms with Crippen LogP contribution < -0.4 is 0 Å². The molecule has 0 aliphatic rings. The highest BCUT2D eigenvalue weighted by atomic mass is 16.4. The average Bonchev–Trinajstić information content (AvgIpc) is 1.80. The van der Waals surface area contributed by atoms with Gasteiger partial charge in [-0.25, -0.2) is 9.90 Å². The zero-order chi connectivity index (χ0) is 7.11. The molecule has 51 valence electrons. The molecule has 0 rings (SSSR count). The predicted molar refractivity (Wildman–Crippen MR) is 34.4 cm³/mol. The summed E-state index contributed by atoms with van der Waals surface area (Å²) in [5, 5.41) is 9.83. The first kappa shape index (κ1) is 8.21. The van der Waals surface area contributed by atoms with Crippen LogP contribution >= 0.6 is 0 Å². The Labute approximate surface area is 55.2 Å². The molecule has 0 amide bonds. The van der Waals surface area contributed by atoms with E-state index in [4.69, 9.17) is 0 Å². The standard InChI is InChI=1S/C7H11O2/c1-2-3-4-5-6-7(8)9/h2-3H,4-6H2,1H3/b3-2-. The Kier molecular flexibility index (Phi) is 4.88. The molecule has 0 aromatic heterocycles. The molecule has 0 aliphatic heterocycles. The van der Waals surface area contributed by atoms with Gasteiger partial charge in [-0.3, -0.25) is 0 Å². The van der Waals surface area contributed by atoms with Crippen LogP contribution in [0.4, 0.5) is 0 Å². The molecular formula is C7H11O2.